The quantitative estimate of drug-likeness (QED) is 0.604. The highest BCUT2D eigenvalue weighted by atomic mass is 32.2. The molecule has 0 aliphatic carbocycles. The highest BCUT2D eigenvalue weighted by Gasteiger charge is 2.18. The number of benzene rings is 1. The lowest BCUT2D eigenvalue weighted by Crippen LogP contribution is -2.24. The molecule has 0 saturated heterocycles. The van der Waals surface area contributed by atoms with Crippen LogP contribution in [0.25, 0.3) is 0 Å². The van der Waals surface area contributed by atoms with E-state index in [1.54, 1.807) is 0 Å². The molecule has 0 unspecified atom stereocenters. The van der Waals surface area contributed by atoms with Crippen LogP contribution in [0.5, 0.6) is 0 Å². The molecule has 0 aromatic heterocycles. The van der Waals surface area contributed by atoms with E-state index in [2.05, 4.69) is 10.2 Å². The van der Waals surface area contributed by atoms with Crippen LogP contribution >= 0.6 is 0 Å². The van der Waals surface area contributed by atoms with Gasteiger partial charge in [-0.2, -0.15) is 0 Å². The minimum atomic E-state index is -3.45. The van der Waals surface area contributed by atoms with Gasteiger partial charge in [0.05, 0.1) is 9.82 Å². The first-order valence-electron chi connectivity index (χ1n) is 6.16. The van der Waals surface area contributed by atoms with Crippen molar-refractivity contribution in [1.29, 1.82) is 0 Å². The van der Waals surface area contributed by atoms with Crippen molar-refractivity contribution >= 4 is 21.2 Å². The Balaban J connectivity index is 2.94. The summed E-state index contributed by atoms with van der Waals surface area (Å²) in [4.78, 5) is 12.4. The number of hydrogen-bond donors (Lipinski definition) is 1. The second-order valence-electron chi connectivity index (χ2n) is 4.53. The van der Waals surface area contributed by atoms with Gasteiger partial charge >= 0.3 is 0 Å². The standard InChI is InChI=1S/C12H19N3O4S/c1-4-14(2)8-7-13-11-6-5-10(20(3,18)19)9-12(11)15(16)17/h5-6,9,13H,4,7-8H2,1-3H3. The summed E-state index contributed by atoms with van der Waals surface area (Å²) >= 11 is 0. The van der Waals surface area contributed by atoms with Crippen molar-refractivity contribution in [2.75, 3.05) is 38.3 Å². The number of hydrogen-bond acceptors (Lipinski definition) is 6. The third-order valence-electron chi connectivity index (χ3n) is 2.94. The molecule has 0 saturated carbocycles. The van der Waals surface area contributed by atoms with E-state index < -0.39 is 14.8 Å². The number of likely N-dealkylation sites (N-methyl/N-ethyl adjacent to an activating group) is 1. The first kappa shape index (κ1) is 16.4. The van der Waals surface area contributed by atoms with Gasteiger partial charge in [-0.15, -0.1) is 0 Å². The Bertz CT molecular complexity index is 586. The number of rotatable bonds is 7. The summed E-state index contributed by atoms with van der Waals surface area (Å²) in [7, 11) is -1.51. The van der Waals surface area contributed by atoms with Gasteiger partial charge in [-0.3, -0.25) is 10.1 Å². The predicted molar refractivity (Wildman–Crippen MR) is 77.9 cm³/mol. The average molecular weight is 301 g/mol. The first-order valence-corrected chi connectivity index (χ1v) is 8.05. The number of nitrogens with one attached hydrogen (secondary N) is 1. The highest BCUT2D eigenvalue weighted by molar-refractivity contribution is 7.90. The van der Waals surface area contributed by atoms with Crippen molar-refractivity contribution in [3.05, 3.63) is 28.3 Å². The van der Waals surface area contributed by atoms with Crippen molar-refractivity contribution in [3.8, 4) is 0 Å². The Morgan fingerprint density at radius 3 is 2.55 bits per heavy atom. The lowest BCUT2D eigenvalue weighted by Gasteiger charge is -2.14. The van der Waals surface area contributed by atoms with E-state index in [0.717, 1.165) is 25.4 Å². The van der Waals surface area contributed by atoms with Crippen LogP contribution < -0.4 is 5.32 Å². The Labute approximate surface area is 118 Å². The van der Waals surface area contributed by atoms with Crippen LogP contribution in [0.4, 0.5) is 11.4 Å². The van der Waals surface area contributed by atoms with Gasteiger partial charge in [0.15, 0.2) is 9.84 Å². The molecule has 7 nitrogen and oxygen atoms in total. The Hall–Kier alpha value is -1.67. The molecule has 0 bridgehead atoms. The van der Waals surface area contributed by atoms with Gasteiger partial charge in [-0.25, -0.2) is 8.42 Å². The minimum Gasteiger partial charge on any atom is -0.378 e. The lowest BCUT2D eigenvalue weighted by molar-refractivity contribution is -0.384. The fourth-order valence-corrected chi connectivity index (χ4v) is 2.22. The molecule has 8 heteroatoms. The van der Waals surface area contributed by atoms with Crippen molar-refractivity contribution in [2.24, 2.45) is 0 Å². The average Bonchev–Trinajstić information content (AvgIpc) is 2.37. The Morgan fingerprint density at radius 1 is 1.40 bits per heavy atom. The molecular weight excluding hydrogens is 282 g/mol. The third-order valence-corrected chi connectivity index (χ3v) is 4.05. The molecule has 20 heavy (non-hydrogen) atoms. The van der Waals surface area contributed by atoms with Crippen LogP contribution in [0.1, 0.15) is 6.92 Å². The minimum absolute atomic E-state index is 0.0552. The van der Waals surface area contributed by atoms with Gasteiger partial charge in [0.25, 0.3) is 5.69 Å². The monoisotopic (exact) mass is 301 g/mol. The molecule has 0 spiro atoms. The van der Waals surface area contributed by atoms with E-state index in [1.165, 1.54) is 12.1 Å². The third kappa shape index (κ3) is 4.46. The molecule has 0 heterocycles. The molecule has 1 rings (SSSR count). The van der Waals surface area contributed by atoms with Crippen molar-refractivity contribution in [3.63, 3.8) is 0 Å². The van der Waals surface area contributed by atoms with Crippen LogP contribution in [-0.2, 0) is 9.84 Å². The maximum Gasteiger partial charge on any atom is 0.293 e. The van der Waals surface area contributed by atoms with Gasteiger partial charge in [-0.05, 0) is 25.7 Å². The zero-order valence-corrected chi connectivity index (χ0v) is 12.6. The molecule has 0 aliphatic rings. The van der Waals surface area contributed by atoms with E-state index in [9.17, 15) is 18.5 Å². The maximum absolute atomic E-state index is 11.4. The van der Waals surface area contributed by atoms with Crippen molar-refractivity contribution < 1.29 is 13.3 Å². The summed E-state index contributed by atoms with van der Waals surface area (Å²) in [5, 5.41) is 14.0. The molecule has 0 fully saturated rings. The zero-order valence-electron chi connectivity index (χ0n) is 11.8. The van der Waals surface area contributed by atoms with E-state index in [4.69, 9.17) is 0 Å². The fourth-order valence-electron chi connectivity index (χ4n) is 1.58. The summed E-state index contributed by atoms with van der Waals surface area (Å²) in [6, 6.07) is 3.88. The van der Waals surface area contributed by atoms with E-state index in [1.807, 2.05) is 14.0 Å². The van der Waals surface area contributed by atoms with Crippen LogP contribution in [-0.4, -0.2) is 51.2 Å². The van der Waals surface area contributed by atoms with E-state index in [-0.39, 0.29) is 10.6 Å². The SMILES string of the molecule is CCN(C)CCNc1ccc(S(C)(=O)=O)cc1[N+](=O)[O-]. The normalized spacial score (nSPS) is 11.6. The van der Waals surface area contributed by atoms with Gasteiger partial charge in [0.2, 0.25) is 0 Å². The number of anilines is 1. The van der Waals surface area contributed by atoms with Gasteiger partial charge < -0.3 is 10.2 Å². The largest absolute Gasteiger partial charge is 0.378 e. The number of sulfone groups is 1. The predicted octanol–water partition coefficient (Wildman–Crippen LogP) is 1.36. The van der Waals surface area contributed by atoms with E-state index in [0.29, 0.717) is 12.2 Å². The highest BCUT2D eigenvalue weighted by Crippen LogP contribution is 2.27. The Morgan fingerprint density at radius 2 is 2.05 bits per heavy atom. The second-order valence-corrected chi connectivity index (χ2v) is 6.55. The molecule has 1 N–H and O–H groups in total. The van der Waals surface area contributed by atoms with Crippen LogP contribution in [0.2, 0.25) is 0 Å². The van der Waals surface area contributed by atoms with Crippen LogP contribution in [0, 0.1) is 10.1 Å². The molecule has 112 valence electrons. The summed E-state index contributed by atoms with van der Waals surface area (Å²) in [6.45, 7) is 4.19. The van der Waals surface area contributed by atoms with Gasteiger partial charge in [0.1, 0.15) is 5.69 Å². The number of nitro benzene ring substituents is 1. The van der Waals surface area contributed by atoms with E-state index >= 15 is 0 Å². The van der Waals surface area contributed by atoms with Gasteiger partial charge in [-0.1, -0.05) is 6.92 Å². The number of nitrogens with zero attached hydrogens (tertiary/aromatic N) is 2. The van der Waals surface area contributed by atoms with Gasteiger partial charge in [0, 0.05) is 25.4 Å². The summed E-state index contributed by atoms with van der Waals surface area (Å²) < 4.78 is 22.8. The molecule has 0 amide bonds. The van der Waals surface area contributed by atoms with Crippen LogP contribution in [0.15, 0.2) is 23.1 Å². The van der Waals surface area contributed by atoms with Crippen LogP contribution in [0.3, 0.4) is 0 Å². The maximum atomic E-state index is 11.4. The smallest absolute Gasteiger partial charge is 0.293 e. The summed E-state index contributed by atoms with van der Waals surface area (Å²) in [5.41, 5.74) is 0.0963. The zero-order chi connectivity index (χ0) is 15.3. The molecule has 0 aliphatic heterocycles. The summed E-state index contributed by atoms with van der Waals surface area (Å²) in [6.07, 6.45) is 1.02. The second kappa shape index (κ2) is 6.67. The molecule has 0 atom stereocenters. The van der Waals surface area contributed by atoms with Crippen molar-refractivity contribution in [1.82, 2.24) is 4.90 Å². The molecular formula is C12H19N3O4S. The topological polar surface area (TPSA) is 92.6 Å². The molecule has 1 aromatic carbocycles. The van der Waals surface area contributed by atoms with Crippen molar-refractivity contribution in [2.45, 2.75) is 11.8 Å². The molecule has 1 aromatic rings. The summed E-state index contributed by atoms with van der Waals surface area (Å²) in [5.74, 6) is 0. The number of nitro groups is 1. The molecule has 0 radical (unpaired) electrons. The first-order chi connectivity index (χ1) is 9.25. The lowest BCUT2D eigenvalue weighted by atomic mass is 10.2. The Kier molecular flexibility index (Phi) is 5.46. The fraction of sp³-hybridized carbons (Fsp3) is 0.500.